The van der Waals surface area contributed by atoms with E-state index in [9.17, 15) is 4.79 Å². The van der Waals surface area contributed by atoms with Crippen LogP contribution in [0.4, 0.5) is 0 Å². The summed E-state index contributed by atoms with van der Waals surface area (Å²) >= 11 is 1.67. The number of hydrogen-bond donors (Lipinski definition) is 2. The highest BCUT2D eigenvalue weighted by Gasteiger charge is 2.49. The van der Waals surface area contributed by atoms with Gasteiger partial charge in [0.05, 0.1) is 0 Å². The molecule has 0 bridgehead atoms. The molecule has 1 heterocycles. The molecule has 1 aliphatic rings. The number of aromatic nitrogens is 1. The number of carbonyl (C=O) groups excluding carboxylic acids is 1. The molecule has 0 spiro atoms. The molecule has 1 aromatic heterocycles. The zero-order valence-corrected chi connectivity index (χ0v) is 12.1. The third kappa shape index (κ3) is 3.48. The van der Waals surface area contributed by atoms with E-state index >= 15 is 0 Å². The Morgan fingerprint density at radius 1 is 1.53 bits per heavy atom. The van der Waals surface area contributed by atoms with Crippen LogP contribution in [0.15, 0.2) is 29.4 Å². The zero-order valence-electron chi connectivity index (χ0n) is 11.3. The lowest BCUT2D eigenvalue weighted by atomic mass is 9.94. The normalized spacial score (nSPS) is 17.9. The second-order valence-corrected chi connectivity index (χ2v) is 6.06. The van der Waals surface area contributed by atoms with Crippen LogP contribution in [0.25, 0.3) is 0 Å². The molecule has 104 valence electrons. The maximum Gasteiger partial charge on any atom is 0.238 e. The SMILES string of the molecule is CCCNC(CSc1ccncc1)(C(N)=O)C1CC1. The summed E-state index contributed by atoms with van der Waals surface area (Å²) in [7, 11) is 0. The van der Waals surface area contributed by atoms with Crippen molar-refractivity contribution in [3.63, 3.8) is 0 Å². The van der Waals surface area contributed by atoms with Crippen LogP contribution in [0.5, 0.6) is 0 Å². The highest BCUT2D eigenvalue weighted by Crippen LogP contribution is 2.42. The summed E-state index contributed by atoms with van der Waals surface area (Å²) in [6.07, 6.45) is 6.73. The van der Waals surface area contributed by atoms with E-state index in [0.29, 0.717) is 11.7 Å². The van der Waals surface area contributed by atoms with E-state index in [-0.39, 0.29) is 5.91 Å². The maximum atomic E-state index is 12.0. The summed E-state index contributed by atoms with van der Waals surface area (Å²) in [5.41, 5.74) is 5.14. The van der Waals surface area contributed by atoms with Gasteiger partial charge in [-0.3, -0.25) is 9.78 Å². The Morgan fingerprint density at radius 2 is 2.21 bits per heavy atom. The highest BCUT2D eigenvalue weighted by atomic mass is 32.2. The first-order valence-electron chi connectivity index (χ1n) is 6.77. The van der Waals surface area contributed by atoms with Crippen molar-refractivity contribution in [1.82, 2.24) is 10.3 Å². The number of nitrogens with one attached hydrogen (secondary N) is 1. The first-order valence-corrected chi connectivity index (χ1v) is 7.75. The van der Waals surface area contributed by atoms with Crippen molar-refractivity contribution in [3.8, 4) is 0 Å². The summed E-state index contributed by atoms with van der Waals surface area (Å²) < 4.78 is 0. The van der Waals surface area contributed by atoms with E-state index in [1.54, 1.807) is 24.2 Å². The molecular weight excluding hydrogens is 258 g/mol. The molecule has 1 amide bonds. The van der Waals surface area contributed by atoms with Crippen molar-refractivity contribution < 1.29 is 4.79 Å². The molecule has 0 radical (unpaired) electrons. The van der Waals surface area contributed by atoms with Gasteiger partial charge in [-0.2, -0.15) is 0 Å². The topological polar surface area (TPSA) is 68.0 Å². The molecule has 0 aliphatic heterocycles. The second-order valence-electron chi connectivity index (χ2n) is 5.01. The molecule has 1 saturated carbocycles. The Hall–Kier alpha value is -1.07. The number of amides is 1. The minimum atomic E-state index is -0.552. The summed E-state index contributed by atoms with van der Waals surface area (Å²) in [4.78, 5) is 17.1. The lowest BCUT2D eigenvalue weighted by Crippen LogP contribution is -2.59. The largest absolute Gasteiger partial charge is 0.368 e. The van der Waals surface area contributed by atoms with Gasteiger partial charge in [0.25, 0.3) is 0 Å². The number of primary amides is 1. The van der Waals surface area contributed by atoms with Crippen molar-refractivity contribution in [2.24, 2.45) is 11.7 Å². The molecule has 1 atom stereocenters. The average Bonchev–Trinajstić information content (AvgIpc) is 3.25. The standard InChI is InChI=1S/C14H21N3OS/c1-2-7-17-14(13(15)18,11-3-4-11)10-19-12-5-8-16-9-6-12/h5-6,8-9,11,17H,2-4,7,10H2,1H3,(H2,15,18). The fraction of sp³-hybridized carbons (Fsp3) is 0.571. The van der Waals surface area contributed by atoms with Crippen LogP contribution in [0.3, 0.4) is 0 Å². The maximum absolute atomic E-state index is 12.0. The third-order valence-corrected chi connectivity index (χ3v) is 4.73. The summed E-state index contributed by atoms with van der Waals surface area (Å²) in [5, 5.41) is 3.40. The molecule has 0 aromatic carbocycles. The van der Waals surface area contributed by atoms with Gasteiger partial charge < -0.3 is 11.1 Å². The van der Waals surface area contributed by atoms with Gasteiger partial charge in [-0.15, -0.1) is 11.8 Å². The first-order chi connectivity index (χ1) is 9.19. The van der Waals surface area contributed by atoms with E-state index in [2.05, 4.69) is 17.2 Å². The van der Waals surface area contributed by atoms with Crippen LogP contribution in [0, 0.1) is 5.92 Å². The number of carbonyl (C=O) groups is 1. The quantitative estimate of drug-likeness (QED) is 0.712. The van der Waals surface area contributed by atoms with Crippen LogP contribution < -0.4 is 11.1 Å². The molecule has 19 heavy (non-hydrogen) atoms. The highest BCUT2D eigenvalue weighted by molar-refractivity contribution is 7.99. The smallest absolute Gasteiger partial charge is 0.238 e. The molecule has 1 aromatic rings. The predicted octanol–water partition coefficient (Wildman–Crippen LogP) is 1.81. The number of nitrogens with two attached hydrogens (primary N) is 1. The van der Waals surface area contributed by atoms with Crippen molar-refractivity contribution in [1.29, 1.82) is 0 Å². The summed E-state index contributed by atoms with van der Waals surface area (Å²) in [6, 6.07) is 3.92. The van der Waals surface area contributed by atoms with Gasteiger partial charge in [0.15, 0.2) is 0 Å². The molecule has 4 nitrogen and oxygen atoms in total. The van der Waals surface area contributed by atoms with Gasteiger partial charge >= 0.3 is 0 Å². The van der Waals surface area contributed by atoms with Gasteiger partial charge in [0.1, 0.15) is 5.54 Å². The van der Waals surface area contributed by atoms with Crippen LogP contribution in [-0.2, 0) is 4.79 Å². The molecule has 5 heteroatoms. The molecule has 1 aliphatic carbocycles. The Kier molecular flexibility index (Phi) is 4.82. The molecular formula is C14H21N3OS. The number of thioether (sulfide) groups is 1. The summed E-state index contributed by atoms with van der Waals surface area (Å²) in [6.45, 7) is 2.93. The van der Waals surface area contributed by atoms with Gasteiger partial charge in [-0.05, 0) is 43.9 Å². The van der Waals surface area contributed by atoms with Crippen molar-refractivity contribution in [3.05, 3.63) is 24.5 Å². The van der Waals surface area contributed by atoms with Gasteiger partial charge in [-0.1, -0.05) is 6.92 Å². The number of hydrogen-bond acceptors (Lipinski definition) is 4. The fourth-order valence-electron chi connectivity index (χ4n) is 2.23. The number of nitrogens with zero attached hydrogens (tertiary/aromatic N) is 1. The van der Waals surface area contributed by atoms with E-state index in [4.69, 9.17) is 5.73 Å². The molecule has 2 rings (SSSR count). The van der Waals surface area contributed by atoms with Crippen molar-refractivity contribution >= 4 is 17.7 Å². The van der Waals surface area contributed by atoms with Gasteiger partial charge in [-0.25, -0.2) is 0 Å². The minimum Gasteiger partial charge on any atom is -0.368 e. The van der Waals surface area contributed by atoms with Crippen LogP contribution in [0.1, 0.15) is 26.2 Å². The average molecular weight is 279 g/mol. The number of rotatable bonds is 8. The summed E-state index contributed by atoms with van der Waals surface area (Å²) in [5.74, 6) is 0.868. The zero-order chi connectivity index (χ0) is 13.7. The lowest BCUT2D eigenvalue weighted by Gasteiger charge is -2.31. The molecule has 1 unspecified atom stereocenters. The Bertz CT molecular complexity index is 422. The van der Waals surface area contributed by atoms with Crippen LogP contribution in [0.2, 0.25) is 0 Å². The van der Waals surface area contributed by atoms with Gasteiger partial charge in [0, 0.05) is 23.0 Å². The number of pyridine rings is 1. The van der Waals surface area contributed by atoms with Crippen LogP contribution in [-0.4, -0.2) is 28.7 Å². The van der Waals surface area contributed by atoms with E-state index in [0.717, 1.165) is 30.7 Å². The second kappa shape index (κ2) is 6.39. The van der Waals surface area contributed by atoms with E-state index in [1.807, 2.05) is 12.1 Å². The lowest BCUT2D eigenvalue weighted by molar-refractivity contribution is -0.124. The fourth-order valence-corrected chi connectivity index (χ4v) is 3.42. The Labute approximate surface area is 118 Å². The van der Waals surface area contributed by atoms with Crippen molar-refractivity contribution in [2.45, 2.75) is 36.6 Å². The Balaban J connectivity index is 2.06. The van der Waals surface area contributed by atoms with E-state index in [1.165, 1.54) is 0 Å². The molecule has 1 fully saturated rings. The Morgan fingerprint density at radius 3 is 2.74 bits per heavy atom. The van der Waals surface area contributed by atoms with E-state index < -0.39 is 5.54 Å². The monoisotopic (exact) mass is 279 g/mol. The van der Waals surface area contributed by atoms with Crippen LogP contribution >= 0.6 is 11.8 Å². The minimum absolute atomic E-state index is 0.218. The third-order valence-electron chi connectivity index (χ3n) is 3.52. The molecule has 3 N–H and O–H groups in total. The van der Waals surface area contributed by atoms with Crippen molar-refractivity contribution in [2.75, 3.05) is 12.3 Å². The molecule has 0 saturated heterocycles. The van der Waals surface area contributed by atoms with Gasteiger partial charge in [0.2, 0.25) is 5.91 Å². The first kappa shape index (κ1) is 14.3. The predicted molar refractivity (Wildman–Crippen MR) is 77.9 cm³/mol.